The van der Waals surface area contributed by atoms with E-state index >= 15 is 0 Å². The number of aromatic nitrogens is 3. The Balaban J connectivity index is 1.49. The number of halogens is 1. The van der Waals surface area contributed by atoms with Crippen molar-refractivity contribution in [1.29, 1.82) is 0 Å². The molecule has 160 valence electrons. The molecular weight excluding hydrogens is 399 g/mol. The van der Waals surface area contributed by atoms with Crippen molar-refractivity contribution in [3.8, 4) is 0 Å². The van der Waals surface area contributed by atoms with Gasteiger partial charge >= 0.3 is 0 Å². The zero-order valence-electron chi connectivity index (χ0n) is 17.3. The molecule has 0 aliphatic carbocycles. The Morgan fingerprint density at radius 1 is 1.06 bits per heavy atom. The van der Waals surface area contributed by atoms with Gasteiger partial charge in [-0.3, -0.25) is 9.59 Å². The van der Waals surface area contributed by atoms with E-state index in [1.165, 1.54) is 12.1 Å². The molecule has 0 spiro atoms. The maximum Gasteiger partial charge on any atom is 0.272 e. The van der Waals surface area contributed by atoms with Crippen molar-refractivity contribution in [2.45, 2.75) is 12.8 Å². The smallest absolute Gasteiger partial charge is 0.272 e. The molecule has 2 aliphatic rings. The molecule has 2 amide bonds. The van der Waals surface area contributed by atoms with E-state index < -0.39 is 0 Å². The van der Waals surface area contributed by atoms with Crippen molar-refractivity contribution in [3.63, 3.8) is 0 Å². The summed E-state index contributed by atoms with van der Waals surface area (Å²) < 4.78 is 15.9. The number of fused-ring (bicyclic) bond motifs is 1. The second-order valence-electron chi connectivity index (χ2n) is 7.89. The fourth-order valence-corrected chi connectivity index (χ4v) is 4.51. The van der Waals surface area contributed by atoms with E-state index in [1.54, 1.807) is 45.9 Å². The van der Waals surface area contributed by atoms with Crippen LogP contribution in [0, 0.1) is 5.82 Å². The molecule has 0 saturated carbocycles. The molecule has 1 aromatic carbocycles. The fourth-order valence-electron chi connectivity index (χ4n) is 4.51. The SMILES string of the molecule is Cn1c(C(=O)N2CCN(c3ncccn3)CC2)c(N2CCCC2=O)c2cc(F)ccc21. The predicted octanol–water partition coefficient (Wildman–Crippen LogP) is 2.20. The van der Waals surface area contributed by atoms with Crippen LogP contribution in [0.5, 0.6) is 0 Å². The van der Waals surface area contributed by atoms with Crippen molar-refractivity contribution in [2.75, 3.05) is 42.5 Å². The van der Waals surface area contributed by atoms with Gasteiger partial charge in [0.25, 0.3) is 5.91 Å². The number of carbonyl (C=O) groups is 2. The molecule has 2 aliphatic heterocycles. The number of aryl methyl sites for hydroxylation is 1. The molecule has 4 heterocycles. The molecule has 5 rings (SSSR count). The van der Waals surface area contributed by atoms with Crippen LogP contribution in [0.2, 0.25) is 0 Å². The standard InChI is InChI=1S/C22H23FN6O2/c1-26-17-6-5-15(23)14-16(17)19(29-9-2-4-18(29)30)20(26)21(31)27-10-12-28(13-11-27)22-24-7-3-8-25-22/h3,5-8,14H,2,4,9-13H2,1H3. The summed E-state index contributed by atoms with van der Waals surface area (Å²) in [6.07, 6.45) is 4.57. The number of hydrogen-bond acceptors (Lipinski definition) is 5. The van der Waals surface area contributed by atoms with Crippen LogP contribution in [0.1, 0.15) is 23.3 Å². The third-order valence-electron chi connectivity index (χ3n) is 6.08. The maximum atomic E-state index is 14.1. The van der Waals surface area contributed by atoms with E-state index in [0.717, 1.165) is 11.9 Å². The second-order valence-corrected chi connectivity index (χ2v) is 7.89. The molecule has 3 aromatic rings. The molecule has 0 N–H and O–H groups in total. The lowest BCUT2D eigenvalue weighted by molar-refractivity contribution is -0.117. The average Bonchev–Trinajstić information content (AvgIpc) is 3.34. The second kappa shape index (κ2) is 7.64. The first-order valence-corrected chi connectivity index (χ1v) is 10.4. The van der Waals surface area contributed by atoms with Crippen LogP contribution >= 0.6 is 0 Å². The molecule has 0 radical (unpaired) electrons. The Bertz CT molecular complexity index is 1150. The number of piperazine rings is 1. The average molecular weight is 422 g/mol. The first kappa shape index (κ1) is 19.5. The molecule has 8 nitrogen and oxygen atoms in total. The van der Waals surface area contributed by atoms with Gasteiger partial charge in [0.05, 0.1) is 11.2 Å². The van der Waals surface area contributed by atoms with Gasteiger partial charge in [0, 0.05) is 64.0 Å². The summed E-state index contributed by atoms with van der Waals surface area (Å²) in [4.78, 5) is 40.2. The van der Waals surface area contributed by atoms with E-state index in [2.05, 4.69) is 9.97 Å². The van der Waals surface area contributed by atoms with Gasteiger partial charge in [0.2, 0.25) is 11.9 Å². The van der Waals surface area contributed by atoms with Crippen molar-refractivity contribution in [3.05, 3.63) is 48.2 Å². The minimum absolute atomic E-state index is 0.0307. The largest absolute Gasteiger partial charge is 0.338 e. The Hall–Kier alpha value is -3.49. The van der Waals surface area contributed by atoms with Gasteiger partial charge in [-0.15, -0.1) is 0 Å². The first-order valence-electron chi connectivity index (χ1n) is 10.4. The zero-order valence-corrected chi connectivity index (χ0v) is 17.3. The Kier molecular flexibility index (Phi) is 4.80. The van der Waals surface area contributed by atoms with Crippen LogP contribution < -0.4 is 9.80 Å². The first-order chi connectivity index (χ1) is 15.0. The Morgan fingerprint density at radius 2 is 1.81 bits per heavy atom. The number of hydrogen-bond donors (Lipinski definition) is 0. The topological polar surface area (TPSA) is 74.6 Å². The minimum atomic E-state index is -0.388. The third-order valence-corrected chi connectivity index (χ3v) is 6.08. The molecular formula is C22H23FN6O2. The van der Waals surface area contributed by atoms with Gasteiger partial charge in [-0.2, -0.15) is 0 Å². The molecule has 31 heavy (non-hydrogen) atoms. The molecule has 0 atom stereocenters. The van der Waals surface area contributed by atoms with Crippen molar-refractivity contribution < 1.29 is 14.0 Å². The van der Waals surface area contributed by atoms with Gasteiger partial charge in [0.1, 0.15) is 11.5 Å². The summed E-state index contributed by atoms with van der Waals surface area (Å²) in [7, 11) is 1.80. The zero-order chi connectivity index (χ0) is 21.5. The van der Waals surface area contributed by atoms with Crippen LogP contribution in [0.3, 0.4) is 0 Å². The number of amides is 2. The lowest BCUT2D eigenvalue weighted by atomic mass is 10.1. The summed E-state index contributed by atoms with van der Waals surface area (Å²) in [5.74, 6) is 0.0822. The van der Waals surface area contributed by atoms with Crippen LogP contribution in [-0.4, -0.2) is 64.0 Å². The quantitative estimate of drug-likeness (QED) is 0.647. The summed E-state index contributed by atoms with van der Waals surface area (Å²) >= 11 is 0. The van der Waals surface area contributed by atoms with Crippen molar-refractivity contribution in [2.24, 2.45) is 7.05 Å². The lowest BCUT2D eigenvalue weighted by Gasteiger charge is -2.35. The lowest BCUT2D eigenvalue weighted by Crippen LogP contribution is -2.49. The number of carbonyl (C=O) groups excluding carboxylic acids is 2. The third kappa shape index (κ3) is 3.30. The number of nitrogens with zero attached hydrogens (tertiary/aromatic N) is 6. The number of anilines is 2. The summed E-state index contributed by atoms with van der Waals surface area (Å²) in [6, 6.07) is 6.23. The molecule has 2 fully saturated rings. The van der Waals surface area contributed by atoms with Gasteiger partial charge < -0.3 is 19.3 Å². The summed E-state index contributed by atoms with van der Waals surface area (Å²) in [5.41, 5.74) is 1.69. The van der Waals surface area contributed by atoms with E-state index in [-0.39, 0.29) is 17.6 Å². The van der Waals surface area contributed by atoms with E-state index in [0.29, 0.717) is 61.9 Å². The Labute approximate surface area is 178 Å². The molecule has 2 saturated heterocycles. The van der Waals surface area contributed by atoms with Crippen LogP contribution in [-0.2, 0) is 11.8 Å². The highest BCUT2D eigenvalue weighted by Crippen LogP contribution is 2.37. The maximum absolute atomic E-state index is 14.1. The normalized spacial score (nSPS) is 17.1. The highest BCUT2D eigenvalue weighted by molar-refractivity contribution is 6.14. The van der Waals surface area contributed by atoms with Gasteiger partial charge in [-0.25, -0.2) is 14.4 Å². The Morgan fingerprint density at radius 3 is 2.48 bits per heavy atom. The van der Waals surface area contributed by atoms with Gasteiger partial charge in [-0.05, 0) is 30.7 Å². The number of benzene rings is 1. The highest BCUT2D eigenvalue weighted by atomic mass is 19.1. The van der Waals surface area contributed by atoms with E-state index in [4.69, 9.17) is 0 Å². The van der Waals surface area contributed by atoms with Crippen LogP contribution in [0.15, 0.2) is 36.7 Å². The highest BCUT2D eigenvalue weighted by Gasteiger charge is 2.34. The predicted molar refractivity (Wildman–Crippen MR) is 115 cm³/mol. The van der Waals surface area contributed by atoms with Crippen molar-refractivity contribution in [1.82, 2.24) is 19.4 Å². The minimum Gasteiger partial charge on any atom is -0.338 e. The number of rotatable bonds is 3. The molecule has 0 unspecified atom stereocenters. The van der Waals surface area contributed by atoms with E-state index in [1.807, 2.05) is 4.90 Å². The molecule has 9 heteroatoms. The summed E-state index contributed by atoms with van der Waals surface area (Å²) in [5, 5.41) is 0.595. The van der Waals surface area contributed by atoms with Gasteiger partial charge in [-0.1, -0.05) is 0 Å². The van der Waals surface area contributed by atoms with E-state index in [9.17, 15) is 14.0 Å². The fraction of sp³-hybridized carbons (Fsp3) is 0.364. The van der Waals surface area contributed by atoms with Crippen LogP contribution in [0.4, 0.5) is 16.0 Å². The summed E-state index contributed by atoms with van der Waals surface area (Å²) in [6.45, 7) is 2.80. The molecule has 2 aromatic heterocycles. The molecule has 0 bridgehead atoms. The van der Waals surface area contributed by atoms with Crippen LogP contribution in [0.25, 0.3) is 10.9 Å². The van der Waals surface area contributed by atoms with Crippen molar-refractivity contribution >= 4 is 34.4 Å². The monoisotopic (exact) mass is 422 g/mol. The van der Waals surface area contributed by atoms with Gasteiger partial charge in [0.15, 0.2) is 0 Å².